The normalized spacial score (nSPS) is 12.6. The van der Waals surface area contributed by atoms with Crippen molar-refractivity contribution in [1.29, 1.82) is 0 Å². The Morgan fingerprint density at radius 2 is 1.72 bits per heavy atom. The zero-order valence-electron chi connectivity index (χ0n) is 12.1. The summed E-state index contributed by atoms with van der Waals surface area (Å²) in [6.45, 7) is 7.89. The van der Waals surface area contributed by atoms with Crippen LogP contribution in [-0.2, 0) is 4.79 Å². The Hall–Kier alpha value is -1.26. The van der Waals surface area contributed by atoms with Crippen molar-refractivity contribution >= 4 is 12.0 Å². The summed E-state index contributed by atoms with van der Waals surface area (Å²) < 4.78 is 0. The van der Waals surface area contributed by atoms with E-state index >= 15 is 0 Å². The predicted molar refractivity (Wildman–Crippen MR) is 71.5 cm³/mol. The third-order valence-corrected chi connectivity index (χ3v) is 3.32. The SMILES string of the molecule is CCC(CC)N(C)C(=O)NC(CC(=O)O)C(C)C. The maximum atomic E-state index is 12.0. The highest BCUT2D eigenvalue weighted by atomic mass is 16.4. The number of hydrogen-bond acceptors (Lipinski definition) is 2. The molecule has 2 N–H and O–H groups in total. The second-order valence-electron chi connectivity index (χ2n) is 4.98. The molecule has 0 rings (SSSR count). The van der Waals surface area contributed by atoms with E-state index in [1.54, 1.807) is 11.9 Å². The van der Waals surface area contributed by atoms with Gasteiger partial charge in [0, 0.05) is 19.1 Å². The van der Waals surface area contributed by atoms with Gasteiger partial charge >= 0.3 is 12.0 Å². The Kier molecular flexibility index (Phi) is 7.39. The van der Waals surface area contributed by atoms with E-state index in [9.17, 15) is 9.59 Å². The number of hydrogen-bond donors (Lipinski definition) is 2. The number of nitrogens with zero attached hydrogens (tertiary/aromatic N) is 1. The maximum Gasteiger partial charge on any atom is 0.317 e. The molecule has 0 aliphatic heterocycles. The van der Waals surface area contributed by atoms with Crippen LogP contribution < -0.4 is 5.32 Å². The Labute approximate surface area is 110 Å². The molecule has 0 aromatic carbocycles. The van der Waals surface area contributed by atoms with Crippen LogP contribution in [0.25, 0.3) is 0 Å². The van der Waals surface area contributed by atoms with E-state index in [-0.39, 0.29) is 30.5 Å². The van der Waals surface area contributed by atoms with Crippen LogP contribution >= 0.6 is 0 Å². The van der Waals surface area contributed by atoms with Gasteiger partial charge in [0.25, 0.3) is 0 Å². The molecule has 0 spiro atoms. The van der Waals surface area contributed by atoms with Crippen LogP contribution in [0.3, 0.4) is 0 Å². The van der Waals surface area contributed by atoms with Gasteiger partial charge in [0.2, 0.25) is 0 Å². The lowest BCUT2D eigenvalue weighted by molar-refractivity contribution is -0.137. The molecular weight excluding hydrogens is 232 g/mol. The van der Waals surface area contributed by atoms with Gasteiger partial charge in [-0.25, -0.2) is 4.79 Å². The second kappa shape index (κ2) is 7.95. The van der Waals surface area contributed by atoms with Crippen LogP contribution in [-0.4, -0.2) is 41.1 Å². The summed E-state index contributed by atoms with van der Waals surface area (Å²) in [5.41, 5.74) is 0. The molecule has 0 heterocycles. The minimum atomic E-state index is -0.890. The standard InChI is InChI=1S/C13H26N2O3/c1-6-10(7-2)15(5)13(18)14-11(9(3)4)8-12(16)17/h9-11H,6-8H2,1-5H3,(H,14,18)(H,16,17). The van der Waals surface area contributed by atoms with Crippen molar-refractivity contribution < 1.29 is 14.7 Å². The van der Waals surface area contributed by atoms with Crippen molar-refractivity contribution in [3.63, 3.8) is 0 Å². The number of carbonyl (C=O) groups excluding carboxylic acids is 1. The summed E-state index contributed by atoms with van der Waals surface area (Å²) >= 11 is 0. The van der Waals surface area contributed by atoms with Gasteiger partial charge in [0.15, 0.2) is 0 Å². The van der Waals surface area contributed by atoms with Crippen molar-refractivity contribution in [2.45, 2.75) is 59.0 Å². The maximum absolute atomic E-state index is 12.0. The molecule has 5 nitrogen and oxygen atoms in total. The van der Waals surface area contributed by atoms with Gasteiger partial charge in [0.05, 0.1) is 6.42 Å². The van der Waals surface area contributed by atoms with Gasteiger partial charge in [-0.15, -0.1) is 0 Å². The first-order valence-corrected chi connectivity index (χ1v) is 6.58. The van der Waals surface area contributed by atoms with Gasteiger partial charge in [-0.05, 0) is 18.8 Å². The Balaban J connectivity index is 4.54. The number of carbonyl (C=O) groups is 2. The summed E-state index contributed by atoms with van der Waals surface area (Å²) in [4.78, 5) is 24.4. The molecule has 0 aliphatic carbocycles. The second-order valence-corrected chi connectivity index (χ2v) is 4.98. The molecule has 106 valence electrons. The Bertz CT molecular complexity index is 275. The number of carboxylic acid groups (broad SMARTS) is 1. The molecule has 18 heavy (non-hydrogen) atoms. The molecule has 0 aromatic heterocycles. The molecule has 0 aromatic rings. The van der Waals surface area contributed by atoms with Crippen molar-refractivity contribution in [2.75, 3.05) is 7.05 Å². The van der Waals surface area contributed by atoms with Crippen LogP contribution in [0.5, 0.6) is 0 Å². The van der Waals surface area contributed by atoms with Crippen molar-refractivity contribution in [2.24, 2.45) is 5.92 Å². The topological polar surface area (TPSA) is 69.6 Å². The largest absolute Gasteiger partial charge is 0.481 e. The summed E-state index contributed by atoms with van der Waals surface area (Å²) in [7, 11) is 1.76. The van der Waals surface area contributed by atoms with Crippen LogP contribution in [0.4, 0.5) is 4.79 Å². The average Bonchev–Trinajstić information content (AvgIpc) is 2.28. The number of aliphatic carboxylic acids is 1. The lowest BCUT2D eigenvalue weighted by Crippen LogP contribution is -2.49. The molecule has 2 amide bonds. The van der Waals surface area contributed by atoms with E-state index < -0.39 is 5.97 Å². The summed E-state index contributed by atoms with van der Waals surface area (Å²) in [5, 5.41) is 11.6. The summed E-state index contributed by atoms with van der Waals surface area (Å²) in [6.07, 6.45) is 1.75. The monoisotopic (exact) mass is 258 g/mol. The highest BCUT2D eigenvalue weighted by molar-refractivity contribution is 5.76. The van der Waals surface area contributed by atoms with Gasteiger partial charge in [-0.1, -0.05) is 27.7 Å². The van der Waals surface area contributed by atoms with E-state index in [1.807, 2.05) is 27.7 Å². The molecule has 0 saturated carbocycles. The number of urea groups is 1. The van der Waals surface area contributed by atoms with Crippen molar-refractivity contribution in [1.82, 2.24) is 10.2 Å². The quantitative estimate of drug-likeness (QED) is 0.736. The molecule has 1 atom stereocenters. The lowest BCUT2D eigenvalue weighted by atomic mass is 10.0. The van der Waals surface area contributed by atoms with E-state index in [4.69, 9.17) is 5.11 Å². The average molecular weight is 258 g/mol. The smallest absolute Gasteiger partial charge is 0.317 e. The first-order valence-electron chi connectivity index (χ1n) is 6.58. The van der Waals surface area contributed by atoms with Gasteiger partial charge in [0.1, 0.15) is 0 Å². The third kappa shape index (κ3) is 5.38. The zero-order chi connectivity index (χ0) is 14.3. The number of nitrogens with one attached hydrogen (secondary N) is 1. The highest BCUT2D eigenvalue weighted by Gasteiger charge is 2.23. The zero-order valence-corrected chi connectivity index (χ0v) is 12.1. The van der Waals surface area contributed by atoms with Gasteiger partial charge in [-0.3, -0.25) is 4.79 Å². The fourth-order valence-electron chi connectivity index (χ4n) is 1.90. The van der Waals surface area contributed by atoms with E-state index in [1.165, 1.54) is 0 Å². The highest BCUT2D eigenvalue weighted by Crippen LogP contribution is 2.10. The summed E-state index contributed by atoms with van der Waals surface area (Å²) in [6, 6.07) is -0.321. The minimum Gasteiger partial charge on any atom is -0.481 e. The fourth-order valence-corrected chi connectivity index (χ4v) is 1.90. The van der Waals surface area contributed by atoms with Crippen molar-refractivity contribution in [3.8, 4) is 0 Å². The molecular formula is C13H26N2O3. The van der Waals surface area contributed by atoms with E-state index in [2.05, 4.69) is 5.32 Å². The van der Waals surface area contributed by atoms with Crippen LogP contribution in [0.15, 0.2) is 0 Å². The number of rotatable bonds is 7. The first-order chi connectivity index (χ1) is 8.33. The Morgan fingerprint density at radius 3 is 2.06 bits per heavy atom. The van der Waals surface area contributed by atoms with Gasteiger partial charge < -0.3 is 15.3 Å². The van der Waals surface area contributed by atoms with Crippen LogP contribution in [0, 0.1) is 5.92 Å². The summed E-state index contributed by atoms with van der Waals surface area (Å²) in [5.74, 6) is -0.792. The number of carboxylic acids is 1. The lowest BCUT2D eigenvalue weighted by Gasteiger charge is -2.29. The molecule has 0 aliphatic rings. The number of amides is 2. The van der Waals surface area contributed by atoms with E-state index in [0.717, 1.165) is 12.8 Å². The molecule has 1 unspecified atom stereocenters. The van der Waals surface area contributed by atoms with Crippen molar-refractivity contribution in [3.05, 3.63) is 0 Å². The molecule has 5 heteroatoms. The third-order valence-electron chi connectivity index (χ3n) is 3.32. The molecule has 0 radical (unpaired) electrons. The van der Waals surface area contributed by atoms with E-state index in [0.29, 0.717) is 0 Å². The van der Waals surface area contributed by atoms with Gasteiger partial charge in [-0.2, -0.15) is 0 Å². The minimum absolute atomic E-state index is 0.0415. The molecule has 0 bridgehead atoms. The van der Waals surface area contributed by atoms with Crippen LogP contribution in [0.1, 0.15) is 47.0 Å². The fraction of sp³-hybridized carbons (Fsp3) is 0.846. The predicted octanol–water partition coefficient (Wildman–Crippen LogP) is 2.32. The van der Waals surface area contributed by atoms with Crippen LogP contribution in [0.2, 0.25) is 0 Å². The first kappa shape index (κ1) is 16.7. The molecule has 0 saturated heterocycles. The Morgan fingerprint density at radius 1 is 1.22 bits per heavy atom. The molecule has 0 fully saturated rings.